The molecular weight excluding hydrogens is 290 g/mol. The van der Waals surface area contributed by atoms with Crippen molar-refractivity contribution in [1.82, 2.24) is 19.5 Å². The maximum absolute atomic E-state index is 10.3. The van der Waals surface area contributed by atoms with Gasteiger partial charge in [0.05, 0.1) is 24.0 Å². The van der Waals surface area contributed by atoms with Crippen LogP contribution in [0.1, 0.15) is 12.8 Å². The van der Waals surface area contributed by atoms with Crippen LogP contribution in [0.5, 0.6) is 0 Å². The van der Waals surface area contributed by atoms with Crippen molar-refractivity contribution < 1.29 is 5.11 Å². The highest BCUT2D eigenvalue weighted by atomic mass is 16.3. The lowest BCUT2D eigenvalue weighted by molar-refractivity contribution is 0.166. The molecule has 2 heterocycles. The summed E-state index contributed by atoms with van der Waals surface area (Å²) in [6.45, 7) is 0.883. The Bertz CT molecular complexity index is 789. The van der Waals surface area contributed by atoms with Gasteiger partial charge in [-0.1, -0.05) is 18.2 Å². The number of hydrogen-bond donors (Lipinski definition) is 2. The van der Waals surface area contributed by atoms with Crippen molar-refractivity contribution >= 4 is 16.9 Å². The molecular formula is C17H19N5O. The molecule has 3 aromatic rings. The van der Waals surface area contributed by atoms with E-state index in [0.717, 1.165) is 30.3 Å². The zero-order valence-corrected chi connectivity index (χ0v) is 12.7. The monoisotopic (exact) mass is 309 g/mol. The van der Waals surface area contributed by atoms with E-state index in [1.54, 1.807) is 6.20 Å². The van der Waals surface area contributed by atoms with E-state index in [9.17, 15) is 5.11 Å². The number of fused-ring (bicyclic) bond motifs is 1. The highest BCUT2D eigenvalue weighted by Gasteiger charge is 2.33. The molecule has 1 unspecified atom stereocenters. The smallest absolute Gasteiger partial charge is 0.223 e. The van der Waals surface area contributed by atoms with E-state index in [-0.39, 0.29) is 12.1 Å². The number of nitrogens with zero attached hydrogens (tertiary/aromatic N) is 4. The number of aliphatic hydroxyl groups is 1. The molecule has 0 amide bonds. The Labute approximate surface area is 134 Å². The predicted octanol–water partition coefficient (Wildman–Crippen LogP) is 2.08. The first-order valence-electron chi connectivity index (χ1n) is 7.90. The average Bonchev–Trinajstić information content (AvgIpc) is 3.18. The summed E-state index contributed by atoms with van der Waals surface area (Å²) in [5.74, 6) is 1.01. The molecule has 1 fully saturated rings. The molecule has 3 atom stereocenters. The summed E-state index contributed by atoms with van der Waals surface area (Å²) in [6, 6.07) is 7.88. The minimum atomic E-state index is -0.376. The van der Waals surface area contributed by atoms with Gasteiger partial charge in [0.25, 0.3) is 0 Å². The summed E-state index contributed by atoms with van der Waals surface area (Å²) >= 11 is 0. The zero-order chi connectivity index (χ0) is 15.6. The lowest BCUT2D eigenvalue weighted by Crippen LogP contribution is -2.28. The van der Waals surface area contributed by atoms with Crippen LogP contribution in [0.2, 0.25) is 0 Å². The first-order valence-corrected chi connectivity index (χ1v) is 7.90. The summed E-state index contributed by atoms with van der Waals surface area (Å²) in [6.07, 6.45) is 8.68. The topological polar surface area (TPSA) is 75.9 Å². The van der Waals surface area contributed by atoms with Crippen molar-refractivity contribution in [3.8, 4) is 0 Å². The lowest BCUT2D eigenvalue weighted by atomic mass is 10.1. The molecule has 2 aromatic heterocycles. The second kappa shape index (κ2) is 5.96. The largest absolute Gasteiger partial charge is 0.391 e. The molecule has 1 aliphatic carbocycles. The number of nitrogens with one attached hydrogen (secondary N) is 1. The van der Waals surface area contributed by atoms with Crippen LogP contribution in [0.3, 0.4) is 0 Å². The van der Waals surface area contributed by atoms with Gasteiger partial charge in [-0.05, 0) is 24.8 Å². The molecule has 23 heavy (non-hydrogen) atoms. The highest BCUT2D eigenvalue weighted by Crippen LogP contribution is 2.29. The van der Waals surface area contributed by atoms with Crippen LogP contribution in [0.4, 0.5) is 5.95 Å². The third kappa shape index (κ3) is 3.03. The lowest BCUT2D eigenvalue weighted by Gasteiger charge is -2.16. The second-order valence-electron chi connectivity index (χ2n) is 6.17. The van der Waals surface area contributed by atoms with Crippen molar-refractivity contribution in [2.45, 2.75) is 31.5 Å². The second-order valence-corrected chi connectivity index (χ2v) is 6.17. The average molecular weight is 309 g/mol. The summed E-state index contributed by atoms with van der Waals surface area (Å²) in [7, 11) is 0. The molecule has 1 aliphatic rings. The standard InChI is InChI=1S/C17H19N5O/c23-16-8-12(10-22-6-5-18-11-22)7-15(16)21-17-19-9-13-3-1-2-4-14(13)20-17/h1-6,9,11-12,15-16,23H,7-8,10H2,(H,19,20,21)/t12?,15-,16-/m1/s1. The van der Waals surface area contributed by atoms with Gasteiger partial charge >= 0.3 is 0 Å². The summed E-state index contributed by atoms with van der Waals surface area (Å²) in [5.41, 5.74) is 0.910. The third-order valence-corrected chi connectivity index (χ3v) is 4.46. The van der Waals surface area contributed by atoms with Crippen LogP contribution >= 0.6 is 0 Å². The Morgan fingerprint density at radius 2 is 2.17 bits per heavy atom. The first-order chi connectivity index (χ1) is 11.3. The number of anilines is 1. The Balaban J connectivity index is 1.45. The molecule has 6 nitrogen and oxygen atoms in total. The van der Waals surface area contributed by atoms with Crippen LogP contribution in [-0.2, 0) is 6.54 Å². The molecule has 1 aromatic carbocycles. The van der Waals surface area contributed by atoms with Crippen molar-refractivity contribution in [3.05, 3.63) is 49.2 Å². The van der Waals surface area contributed by atoms with Crippen LogP contribution in [0, 0.1) is 5.92 Å². The summed E-state index contributed by atoms with van der Waals surface area (Å²) in [4.78, 5) is 12.9. The zero-order valence-electron chi connectivity index (χ0n) is 12.7. The molecule has 0 aliphatic heterocycles. The maximum Gasteiger partial charge on any atom is 0.223 e. The Morgan fingerprint density at radius 3 is 3.04 bits per heavy atom. The van der Waals surface area contributed by atoms with Crippen LogP contribution in [0.25, 0.3) is 10.9 Å². The van der Waals surface area contributed by atoms with Gasteiger partial charge in [0, 0.05) is 30.5 Å². The maximum atomic E-state index is 10.3. The number of hydrogen-bond acceptors (Lipinski definition) is 5. The van der Waals surface area contributed by atoms with Crippen LogP contribution < -0.4 is 5.32 Å². The molecule has 6 heteroatoms. The molecule has 4 rings (SSSR count). The van der Waals surface area contributed by atoms with Gasteiger partial charge in [-0.3, -0.25) is 0 Å². The number of benzene rings is 1. The molecule has 118 valence electrons. The summed E-state index contributed by atoms with van der Waals surface area (Å²) < 4.78 is 2.06. The summed E-state index contributed by atoms with van der Waals surface area (Å²) in [5, 5.41) is 14.6. The van der Waals surface area contributed by atoms with Gasteiger partial charge in [-0.2, -0.15) is 0 Å². The molecule has 2 N–H and O–H groups in total. The van der Waals surface area contributed by atoms with E-state index < -0.39 is 0 Å². The molecule has 0 bridgehead atoms. The van der Waals surface area contributed by atoms with Crippen LogP contribution in [-0.4, -0.2) is 36.8 Å². The van der Waals surface area contributed by atoms with Crippen molar-refractivity contribution in [2.24, 2.45) is 5.92 Å². The van der Waals surface area contributed by atoms with Crippen LogP contribution in [0.15, 0.2) is 49.2 Å². The van der Waals surface area contributed by atoms with E-state index in [1.807, 2.05) is 43.0 Å². The Hall–Kier alpha value is -2.47. The number of rotatable bonds is 4. The molecule has 0 saturated heterocycles. The first kappa shape index (κ1) is 14.1. The quantitative estimate of drug-likeness (QED) is 0.771. The van der Waals surface area contributed by atoms with Gasteiger partial charge < -0.3 is 15.0 Å². The molecule has 1 saturated carbocycles. The van der Waals surface area contributed by atoms with E-state index in [0.29, 0.717) is 11.9 Å². The van der Waals surface area contributed by atoms with Gasteiger partial charge in [-0.25, -0.2) is 15.0 Å². The minimum Gasteiger partial charge on any atom is -0.391 e. The molecule has 0 radical (unpaired) electrons. The fourth-order valence-electron chi connectivity index (χ4n) is 3.32. The van der Waals surface area contributed by atoms with Crippen molar-refractivity contribution in [3.63, 3.8) is 0 Å². The number of imidazole rings is 1. The Morgan fingerprint density at radius 1 is 1.26 bits per heavy atom. The normalized spacial score (nSPS) is 24.1. The SMILES string of the molecule is O[C@@H]1CC(Cn2ccnc2)C[C@H]1Nc1ncc2ccccc2n1. The van der Waals surface area contributed by atoms with Gasteiger partial charge in [0.1, 0.15) is 0 Å². The van der Waals surface area contributed by atoms with E-state index in [1.165, 1.54) is 0 Å². The minimum absolute atomic E-state index is 0.00955. The molecule has 0 spiro atoms. The third-order valence-electron chi connectivity index (χ3n) is 4.46. The van der Waals surface area contributed by atoms with Crippen molar-refractivity contribution in [2.75, 3.05) is 5.32 Å². The van der Waals surface area contributed by atoms with Gasteiger partial charge in [0.15, 0.2) is 0 Å². The van der Waals surface area contributed by atoms with E-state index >= 15 is 0 Å². The predicted molar refractivity (Wildman–Crippen MR) is 87.9 cm³/mol. The number of aliphatic hydroxyl groups excluding tert-OH is 1. The fourth-order valence-corrected chi connectivity index (χ4v) is 3.32. The number of para-hydroxylation sites is 1. The van der Waals surface area contributed by atoms with Gasteiger partial charge in [-0.15, -0.1) is 0 Å². The number of aromatic nitrogens is 4. The highest BCUT2D eigenvalue weighted by molar-refractivity contribution is 5.78. The Kier molecular flexibility index (Phi) is 3.67. The van der Waals surface area contributed by atoms with E-state index in [2.05, 4.69) is 24.8 Å². The van der Waals surface area contributed by atoms with E-state index in [4.69, 9.17) is 0 Å². The van der Waals surface area contributed by atoms with Gasteiger partial charge in [0.2, 0.25) is 5.95 Å². The fraction of sp³-hybridized carbons (Fsp3) is 0.353. The van der Waals surface area contributed by atoms with Crippen molar-refractivity contribution in [1.29, 1.82) is 0 Å².